The van der Waals surface area contributed by atoms with Gasteiger partial charge in [0.1, 0.15) is 5.82 Å². The van der Waals surface area contributed by atoms with E-state index in [1.165, 1.54) is 11.1 Å². The maximum absolute atomic E-state index is 12.5. The van der Waals surface area contributed by atoms with Crippen LogP contribution in [0.5, 0.6) is 0 Å². The predicted molar refractivity (Wildman–Crippen MR) is 41.0 cm³/mol. The number of pyridine rings is 1. The fourth-order valence-corrected chi connectivity index (χ4v) is 0.720. The molecule has 1 heterocycles. The minimum atomic E-state index is -0.623. The molecule has 0 aliphatic heterocycles. The summed E-state index contributed by atoms with van der Waals surface area (Å²) >= 11 is 0. The first-order valence-corrected chi connectivity index (χ1v) is 3.35. The van der Waals surface area contributed by atoms with Gasteiger partial charge in [-0.3, -0.25) is 9.78 Å². The Hall–Kier alpha value is -1.45. The van der Waals surface area contributed by atoms with E-state index in [2.05, 4.69) is 11.1 Å². The van der Waals surface area contributed by atoms with Crippen molar-refractivity contribution >= 4 is 5.91 Å². The Morgan fingerprint density at radius 2 is 2.25 bits per heavy atom. The summed E-state index contributed by atoms with van der Waals surface area (Å²) in [6.45, 7) is 0. The second-order valence-corrected chi connectivity index (χ2v) is 2.49. The second-order valence-electron chi connectivity index (χ2n) is 2.49. The van der Waals surface area contributed by atoms with E-state index in [0.717, 1.165) is 6.20 Å². The van der Waals surface area contributed by atoms with Crippen LogP contribution in [0.1, 0.15) is 10.4 Å². The quantitative estimate of drug-likeness (QED) is 0.617. The highest BCUT2D eigenvalue weighted by atomic mass is 19.1. The molecule has 0 bridgehead atoms. The van der Waals surface area contributed by atoms with Crippen LogP contribution < -0.4 is 0 Å². The number of rotatable bonds is 1. The summed E-state index contributed by atoms with van der Waals surface area (Å²) < 4.78 is 12.5. The van der Waals surface area contributed by atoms with Crippen molar-refractivity contribution in [2.45, 2.75) is 0 Å². The lowest BCUT2D eigenvalue weighted by Gasteiger charge is -2.08. The third-order valence-electron chi connectivity index (χ3n) is 1.28. The van der Waals surface area contributed by atoms with Gasteiger partial charge < -0.3 is 4.90 Å². The van der Waals surface area contributed by atoms with Crippen molar-refractivity contribution in [2.75, 3.05) is 14.1 Å². The van der Waals surface area contributed by atoms with Gasteiger partial charge in [-0.2, -0.15) is 0 Å². The van der Waals surface area contributed by atoms with Crippen molar-refractivity contribution in [1.82, 2.24) is 9.88 Å². The maximum Gasteiger partial charge on any atom is 0.255 e. The van der Waals surface area contributed by atoms with Crippen LogP contribution in [0.3, 0.4) is 0 Å². The van der Waals surface area contributed by atoms with Crippen LogP contribution in [0.15, 0.2) is 12.4 Å². The van der Waals surface area contributed by atoms with Crippen molar-refractivity contribution in [3.63, 3.8) is 0 Å². The summed E-state index contributed by atoms with van der Waals surface area (Å²) in [5.41, 5.74) is 0.139. The van der Waals surface area contributed by atoms with Crippen molar-refractivity contribution in [3.05, 3.63) is 29.8 Å². The molecule has 3 nitrogen and oxygen atoms in total. The molecule has 0 aliphatic carbocycles. The van der Waals surface area contributed by atoms with Crippen molar-refractivity contribution in [1.29, 1.82) is 0 Å². The fraction of sp³-hybridized carbons (Fsp3) is 0.250. The summed E-state index contributed by atoms with van der Waals surface area (Å²) in [7, 11) is 3.17. The number of carbonyl (C=O) groups is 1. The van der Waals surface area contributed by atoms with Crippen LogP contribution in [-0.2, 0) is 0 Å². The van der Waals surface area contributed by atoms with Gasteiger partial charge in [-0.05, 0) is 0 Å². The number of amides is 1. The second kappa shape index (κ2) is 3.30. The molecule has 0 N–H and O–H groups in total. The topological polar surface area (TPSA) is 33.2 Å². The number of aromatic nitrogens is 1. The molecule has 12 heavy (non-hydrogen) atoms. The molecule has 0 fully saturated rings. The number of nitrogens with zero attached hydrogens (tertiary/aromatic N) is 2. The Kier molecular flexibility index (Phi) is 2.38. The molecule has 4 heteroatoms. The lowest BCUT2D eigenvalue weighted by Crippen LogP contribution is -2.22. The summed E-state index contributed by atoms with van der Waals surface area (Å²) in [4.78, 5) is 16.1. The maximum atomic E-state index is 12.5. The van der Waals surface area contributed by atoms with Crippen LogP contribution in [0.2, 0.25) is 0 Å². The van der Waals surface area contributed by atoms with Gasteiger partial charge in [-0.25, -0.2) is 4.39 Å². The normalized spacial score (nSPS) is 9.58. The van der Waals surface area contributed by atoms with E-state index in [-0.39, 0.29) is 11.5 Å². The highest BCUT2D eigenvalue weighted by Gasteiger charge is 2.08. The van der Waals surface area contributed by atoms with E-state index in [1.54, 1.807) is 14.1 Å². The molecule has 63 valence electrons. The van der Waals surface area contributed by atoms with Crippen LogP contribution >= 0.6 is 0 Å². The van der Waals surface area contributed by atoms with Gasteiger partial charge in [0.15, 0.2) is 0 Å². The first-order chi connectivity index (χ1) is 5.61. The number of hydrogen-bond donors (Lipinski definition) is 0. The Labute approximate surface area is 69.8 Å². The van der Waals surface area contributed by atoms with Gasteiger partial charge in [-0.15, -0.1) is 0 Å². The summed E-state index contributed by atoms with van der Waals surface area (Å²) in [5, 5.41) is 0. The van der Waals surface area contributed by atoms with Crippen LogP contribution in [-0.4, -0.2) is 29.9 Å². The lowest BCUT2D eigenvalue weighted by atomic mass is 10.2. The molecule has 1 rings (SSSR count). The van der Waals surface area contributed by atoms with Crippen molar-refractivity contribution in [2.24, 2.45) is 0 Å². The zero-order valence-electron chi connectivity index (χ0n) is 6.84. The molecule has 0 aromatic carbocycles. The van der Waals surface area contributed by atoms with Gasteiger partial charge in [0.05, 0.1) is 11.8 Å². The molecular weight excluding hydrogens is 159 g/mol. The van der Waals surface area contributed by atoms with E-state index in [0.29, 0.717) is 0 Å². The molecule has 0 saturated carbocycles. The molecule has 1 amide bonds. The molecule has 0 spiro atoms. The third-order valence-corrected chi connectivity index (χ3v) is 1.28. The summed E-state index contributed by atoms with van der Waals surface area (Å²) in [5.74, 6) is -0.926. The molecule has 0 saturated heterocycles. The Bertz CT molecular complexity index is 299. The highest BCUT2D eigenvalue weighted by Crippen LogP contribution is 2.01. The number of halogens is 1. The van der Waals surface area contributed by atoms with E-state index in [9.17, 15) is 9.18 Å². The average molecular weight is 167 g/mol. The first kappa shape index (κ1) is 8.64. The SMILES string of the molecule is CN(C)C(=O)c1[c]c(F)cnc1. The van der Waals surface area contributed by atoms with E-state index in [1.807, 2.05) is 0 Å². The van der Waals surface area contributed by atoms with E-state index >= 15 is 0 Å². The van der Waals surface area contributed by atoms with Crippen LogP contribution in [0, 0.1) is 11.9 Å². The van der Waals surface area contributed by atoms with Gasteiger partial charge >= 0.3 is 0 Å². The Balaban J connectivity index is 2.96. The molecule has 1 radical (unpaired) electrons. The minimum Gasteiger partial charge on any atom is -0.345 e. The molecule has 1 aromatic heterocycles. The van der Waals surface area contributed by atoms with Crippen LogP contribution in [0.4, 0.5) is 4.39 Å². The largest absolute Gasteiger partial charge is 0.345 e. The third kappa shape index (κ3) is 1.78. The fourth-order valence-electron chi connectivity index (χ4n) is 0.720. The number of hydrogen-bond acceptors (Lipinski definition) is 2. The zero-order chi connectivity index (χ0) is 9.14. The average Bonchev–Trinajstić information content (AvgIpc) is 2.03. The Morgan fingerprint density at radius 1 is 1.58 bits per heavy atom. The molecule has 0 aliphatic rings. The minimum absolute atomic E-state index is 0.139. The summed E-state index contributed by atoms with van der Waals surface area (Å²) in [6.07, 6.45) is 2.29. The molecule has 1 aromatic rings. The monoisotopic (exact) mass is 167 g/mol. The predicted octanol–water partition coefficient (Wildman–Crippen LogP) is 0.723. The van der Waals surface area contributed by atoms with E-state index in [4.69, 9.17) is 0 Å². The number of carbonyl (C=O) groups excluding carboxylic acids is 1. The standard InChI is InChI=1S/C8H8FN2O/c1-11(2)8(12)6-3-7(9)5-10-4-6/h4-5H,1-2H3. The lowest BCUT2D eigenvalue weighted by molar-refractivity contribution is 0.0826. The van der Waals surface area contributed by atoms with Crippen molar-refractivity contribution < 1.29 is 9.18 Å². The highest BCUT2D eigenvalue weighted by molar-refractivity contribution is 5.93. The van der Waals surface area contributed by atoms with Gasteiger partial charge in [-0.1, -0.05) is 0 Å². The van der Waals surface area contributed by atoms with Crippen LogP contribution in [0.25, 0.3) is 0 Å². The summed E-state index contributed by atoms with van der Waals surface area (Å²) in [6, 6.07) is 2.27. The van der Waals surface area contributed by atoms with Gasteiger partial charge in [0.2, 0.25) is 0 Å². The van der Waals surface area contributed by atoms with Gasteiger partial charge in [0, 0.05) is 26.4 Å². The Morgan fingerprint density at radius 3 is 2.75 bits per heavy atom. The molecular formula is C8H8FN2O. The van der Waals surface area contributed by atoms with Crippen molar-refractivity contribution in [3.8, 4) is 0 Å². The molecule has 0 unspecified atom stereocenters. The van der Waals surface area contributed by atoms with E-state index < -0.39 is 5.82 Å². The zero-order valence-corrected chi connectivity index (χ0v) is 6.84. The first-order valence-electron chi connectivity index (χ1n) is 3.35. The molecule has 0 atom stereocenters. The smallest absolute Gasteiger partial charge is 0.255 e. The van der Waals surface area contributed by atoms with Gasteiger partial charge in [0.25, 0.3) is 5.91 Å².